The van der Waals surface area contributed by atoms with E-state index in [9.17, 15) is 8.42 Å². The van der Waals surface area contributed by atoms with Gasteiger partial charge in [-0.2, -0.15) is 0 Å². The first-order valence-corrected chi connectivity index (χ1v) is 7.12. The summed E-state index contributed by atoms with van der Waals surface area (Å²) in [7, 11) is -3.59. The maximum Gasteiger partial charge on any atom is 0.242 e. The molecule has 0 radical (unpaired) electrons. The Morgan fingerprint density at radius 3 is 2.69 bits per heavy atom. The minimum atomic E-state index is -3.59. The Balaban J connectivity index is 3.12. The lowest BCUT2D eigenvalue weighted by atomic mass is 10.4. The van der Waals surface area contributed by atoms with Crippen molar-refractivity contribution in [2.24, 2.45) is 0 Å². The second-order valence-corrected chi connectivity index (χ2v) is 6.23. The van der Waals surface area contributed by atoms with E-state index in [0.29, 0.717) is 0 Å². The van der Waals surface area contributed by atoms with Gasteiger partial charge in [-0.15, -0.1) is 6.58 Å². The number of benzene rings is 1. The topological polar surface area (TPSA) is 46.2 Å². The molecule has 0 saturated carbocycles. The standard InChI is InChI=1S/C10H11BrClNO2S/c1-3-7(2)13-16(14,15)10-5-4-8(11)6-9(10)12/h3-7,13H,1H2,2H3. The summed E-state index contributed by atoms with van der Waals surface area (Å²) in [4.78, 5) is 0.0612. The minimum absolute atomic E-state index is 0.0612. The van der Waals surface area contributed by atoms with Gasteiger partial charge in [0.1, 0.15) is 4.90 Å². The predicted molar refractivity (Wildman–Crippen MR) is 69.1 cm³/mol. The van der Waals surface area contributed by atoms with Crippen LogP contribution in [0.3, 0.4) is 0 Å². The van der Waals surface area contributed by atoms with Gasteiger partial charge in [0.2, 0.25) is 10.0 Å². The van der Waals surface area contributed by atoms with Crippen molar-refractivity contribution in [1.82, 2.24) is 4.72 Å². The van der Waals surface area contributed by atoms with Gasteiger partial charge in [-0.1, -0.05) is 33.6 Å². The summed E-state index contributed by atoms with van der Waals surface area (Å²) >= 11 is 9.08. The monoisotopic (exact) mass is 323 g/mol. The highest BCUT2D eigenvalue weighted by molar-refractivity contribution is 9.10. The van der Waals surface area contributed by atoms with Gasteiger partial charge in [0.25, 0.3) is 0 Å². The van der Waals surface area contributed by atoms with Crippen molar-refractivity contribution in [3.63, 3.8) is 0 Å². The maximum absolute atomic E-state index is 11.9. The Morgan fingerprint density at radius 2 is 2.19 bits per heavy atom. The van der Waals surface area contributed by atoms with Crippen molar-refractivity contribution >= 4 is 37.6 Å². The van der Waals surface area contributed by atoms with E-state index < -0.39 is 10.0 Å². The molecule has 1 aromatic carbocycles. The van der Waals surface area contributed by atoms with Crippen molar-refractivity contribution in [1.29, 1.82) is 0 Å². The minimum Gasteiger partial charge on any atom is -0.207 e. The molecule has 1 N–H and O–H groups in total. The van der Waals surface area contributed by atoms with Crippen LogP contribution in [-0.4, -0.2) is 14.5 Å². The predicted octanol–water partition coefficient (Wildman–Crippen LogP) is 2.96. The lowest BCUT2D eigenvalue weighted by Gasteiger charge is -2.11. The van der Waals surface area contributed by atoms with Crippen LogP contribution in [-0.2, 0) is 10.0 Å². The van der Waals surface area contributed by atoms with Crippen LogP contribution in [0.4, 0.5) is 0 Å². The van der Waals surface area contributed by atoms with Gasteiger partial charge in [0.05, 0.1) is 5.02 Å². The molecule has 0 bridgehead atoms. The molecule has 0 heterocycles. The van der Waals surface area contributed by atoms with Crippen LogP contribution in [0.15, 0.2) is 40.2 Å². The Labute approximate surface area is 109 Å². The molecule has 3 nitrogen and oxygen atoms in total. The van der Waals surface area contributed by atoms with Gasteiger partial charge in [-0.3, -0.25) is 0 Å². The SMILES string of the molecule is C=CC(C)NS(=O)(=O)c1ccc(Br)cc1Cl. The van der Waals surface area contributed by atoms with Crippen LogP contribution in [0, 0.1) is 0 Å². The Hall–Kier alpha value is -0.360. The number of sulfonamides is 1. The van der Waals surface area contributed by atoms with Crippen molar-refractivity contribution in [3.05, 3.63) is 40.3 Å². The van der Waals surface area contributed by atoms with Crippen LogP contribution < -0.4 is 4.72 Å². The van der Waals surface area contributed by atoms with Crippen LogP contribution in [0.25, 0.3) is 0 Å². The van der Waals surface area contributed by atoms with Crippen LogP contribution >= 0.6 is 27.5 Å². The molecule has 1 atom stereocenters. The summed E-state index contributed by atoms with van der Waals surface area (Å²) in [5.74, 6) is 0. The van der Waals surface area contributed by atoms with Gasteiger partial charge < -0.3 is 0 Å². The summed E-state index contributed by atoms with van der Waals surface area (Å²) in [5, 5.41) is 0.179. The van der Waals surface area contributed by atoms with Crippen LogP contribution in [0.2, 0.25) is 5.02 Å². The first kappa shape index (κ1) is 13.7. The van der Waals surface area contributed by atoms with Crippen molar-refractivity contribution < 1.29 is 8.42 Å². The van der Waals surface area contributed by atoms with Crippen molar-refractivity contribution in [2.45, 2.75) is 17.9 Å². The molecular weight excluding hydrogens is 314 g/mol. The van der Waals surface area contributed by atoms with Gasteiger partial charge in [-0.25, -0.2) is 13.1 Å². The van der Waals surface area contributed by atoms with Gasteiger partial charge in [0, 0.05) is 10.5 Å². The molecule has 0 fully saturated rings. The second kappa shape index (κ2) is 5.31. The van der Waals surface area contributed by atoms with E-state index in [0.717, 1.165) is 4.47 Å². The summed E-state index contributed by atoms with van der Waals surface area (Å²) in [6.45, 7) is 5.20. The highest BCUT2D eigenvalue weighted by Crippen LogP contribution is 2.25. The Bertz CT molecular complexity index is 502. The number of hydrogen-bond acceptors (Lipinski definition) is 2. The lowest BCUT2D eigenvalue weighted by molar-refractivity contribution is 0.576. The van der Waals surface area contributed by atoms with E-state index in [1.54, 1.807) is 13.0 Å². The van der Waals surface area contributed by atoms with Gasteiger partial charge >= 0.3 is 0 Å². The van der Waals surface area contributed by atoms with E-state index in [1.807, 2.05) is 0 Å². The number of nitrogens with one attached hydrogen (secondary N) is 1. The molecule has 1 rings (SSSR count). The molecule has 1 aromatic rings. The first-order valence-electron chi connectivity index (χ1n) is 4.47. The lowest BCUT2D eigenvalue weighted by Crippen LogP contribution is -2.31. The summed E-state index contributed by atoms with van der Waals surface area (Å²) in [6, 6.07) is 4.27. The maximum atomic E-state index is 11.9. The van der Waals surface area contributed by atoms with E-state index in [4.69, 9.17) is 11.6 Å². The molecule has 0 aliphatic carbocycles. The third-order valence-electron chi connectivity index (χ3n) is 1.88. The molecule has 6 heteroatoms. The molecule has 0 aliphatic rings. The van der Waals surface area contributed by atoms with E-state index >= 15 is 0 Å². The molecule has 0 aliphatic heterocycles. The molecule has 16 heavy (non-hydrogen) atoms. The van der Waals surface area contributed by atoms with Crippen molar-refractivity contribution in [2.75, 3.05) is 0 Å². The fourth-order valence-electron chi connectivity index (χ4n) is 1.05. The van der Waals surface area contributed by atoms with Crippen molar-refractivity contribution in [3.8, 4) is 0 Å². The fraction of sp³-hybridized carbons (Fsp3) is 0.200. The van der Waals surface area contributed by atoms with E-state index in [1.165, 1.54) is 18.2 Å². The molecule has 88 valence electrons. The molecule has 0 amide bonds. The van der Waals surface area contributed by atoms with E-state index in [-0.39, 0.29) is 16.0 Å². The largest absolute Gasteiger partial charge is 0.242 e. The van der Waals surface area contributed by atoms with E-state index in [2.05, 4.69) is 27.2 Å². The molecule has 0 spiro atoms. The first-order chi connectivity index (χ1) is 7.36. The third kappa shape index (κ3) is 3.31. The average Bonchev–Trinajstić information content (AvgIpc) is 2.16. The highest BCUT2D eigenvalue weighted by atomic mass is 79.9. The van der Waals surface area contributed by atoms with Gasteiger partial charge in [-0.05, 0) is 25.1 Å². The summed E-state index contributed by atoms with van der Waals surface area (Å²) < 4.78 is 26.9. The second-order valence-electron chi connectivity index (χ2n) is 3.22. The molecule has 0 saturated heterocycles. The quantitative estimate of drug-likeness (QED) is 0.866. The van der Waals surface area contributed by atoms with Crippen LogP contribution in [0.1, 0.15) is 6.92 Å². The zero-order valence-electron chi connectivity index (χ0n) is 8.57. The molecular formula is C10H11BrClNO2S. The smallest absolute Gasteiger partial charge is 0.207 e. The molecule has 1 unspecified atom stereocenters. The summed E-state index contributed by atoms with van der Waals surface area (Å²) in [6.07, 6.45) is 1.50. The average molecular weight is 325 g/mol. The number of hydrogen-bond donors (Lipinski definition) is 1. The summed E-state index contributed by atoms with van der Waals surface area (Å²) in [5.41, 5.74) is 0. The zero-order chi connectivity index (χ0) is 12.3. The zero-order valence-corrected chi connectivity index (χ0v) is 11.7. The van der Waals surface area contributed by atoms with Crippen LogP contribution in [0.5, 0.6) is 0 Å². The number of rotatable bonds is 4. The Morgan fingerprint density at radius 1 is 1.56 bits per heavy atom. The number of halogens is 2. The fourth-order valence-corrected chi connectivity index (χ4v) is 3.30. The van der Waals surface area contributed by atoms with Gasteiger partial charge in [0.15, 0.2) is 0 Å². The molecule has 0 aromatic heterocycles. The highest BCUT2D eigenvalue weighted by Gasteiger charge is 2.19. The normalized spacial score (nSPS) is 13.4. The third-order valence-corrected chi connectivity index (χ3v) is 4.41. The Kier molecular flexibility index (Phi) is 4.55.